The minimum atomic E-state index is -3.00. The second kappa shape index (κ2) is 9.64. The van der Waals surface area contributed by atoms with Crippen LogP contribution in [0, 0.1) is 12.7 Å². The molecule has 0 aliphatic carbocycles. The van der Waals surface area contributed by atoms with Crippen LogP contribution in [0.4, 0.5) is 15.0 Å². The number of anilines is 1. The number of carboxylic acid groups (broad SMARTS) is 1. The summed E-state index contributed by atoms with van der Waals surface area (Å²) in [6.07, 6.45) is -0.981. The van der Waals surface area contributed by atoms with E-state index in [1.54, 1.807) is 4.57 Å². The maximum absolute atomic E-state index is 15.5. The van der Waals surface area contributed by atoms with E-state index in [1.807, 2.05) is 36.9 Å². The number of hydrogen-bond donors (Lipinski definition) is 1. The Bertz CT molecular complexity index is 1400. The van der Waals surface area contributed by atoms with E-state index in [1.165, 1.54) is 11.0 Å². The van der Waals surface area contributed by atoms with Crippen LogP contribution >= 0.6 is 0 Å². The molecule has 1 aromatic carbocycles. The van der Waals surface area contributed by atoms with Crippen LogP contribution < -0.4 is 14.3 Å². The predicted octanol–water partition coefficient (Wildman–Crippen LogP) is 4.09. The Morgan fingerprint density at radius 3 is 2.47 bits per heavy atom. The molecule has 1 saturated heterocycles. The van der Waals surface area contributed by atoms with Crippen molar-refractivity contribution in [1.82, 2.24) is 19.4 Å². The van der Waals surface area contributed by atoms with Gasteiger partial charge in [-0.1, -0.05) is 0 Å². The maximum atomic E-state index is 15.5. The molecular formula is C26H34FN5O3Sn. The van der Waals surface area contributed by atoms with Crippen molar-refractivity contribution >= 4 is 45.0 Å². The van der Waals surface area contributed by atoms with Crippen molar-refractivity contribution in [2.24, 2.45) is 0 Å². The number of benzene rings is 1. The van der Waals surface area contributed by atoms with Crippen LogP contribution in [-0.4, -0.2) is 74.7 Å². The molecule has 3 heterocycles. The summed E-state index contributed by atoms with van der Waals surface area (Å²) < 4.78 is 17.5. The van der Waals surface area contributed by atoms with E-state index in [9.17, 15) is 14.7 Å². The van der Waals surface area contributed by atoms with Crippen LogP contribution in [0.3, 0.4) is 0 Å². The number of carbonyl (C=O) groups is 1. The molecule has 0 radical (unpaired) electrons. The van der Waals surface area contributed by atoms with E-state index >= 15 is 4.39 Å². The average molecular weight is 602 g/mol. The first-order chi connectivity index (χ1) is 16.8. The molecule has 192 valence electrons. The number of piperazine rings is 1. The van der Waals surface area contributed by atoms with Gasteiger partial charge in [0.2, 0.25) is 0 Å². The molecule has 0 unspecified atom stereocenters. The minimum absolute atomic E-state index is 0.146. The van der Waals surface area contributed by atoms with Crippen LogP contribution in [0.2, 0.25) is 14.8 Å². The first-order valence-corrected chi connectivity index (χ1v) is 22.3. The number of aryl methyl sites for hydroxylation is 1. The van der Waals surface area contributed by atoms with Gasteiger partial charge in [-0.15, -0.1) is 0 Å². The fourth-order valence-electron chi connectivity index (χ4n) is 4.95. The molecule has 0 bridgehead atoms. The Morgan fingerprint density at radius 2 is 1.89 bits per heavy atom. The first-order valence-electron chi connectivity index (χ1n) is 12.3. The third-order valence-electron chi connectivity index (χ3n) is 6.80. The van der Waals surface area contributed by atoms with Gasteiger partial charge < -0.3 is 0 Å². The molecule has 1 atom stereocenters. The molecule has 36 heavy (non-hydrogen) atoms. The number of hydrogen-bond acceptors (Lipinski definition) is 5. The summed E-state index contributed by atoms with van der Waals surface area (Å²) >= 11 is -3.00. The Labute approximate surface area is 214 Å². The normalized spacial score (nSPS) is 16.8. The van der Waals surface area contributed by atoms with Gasteiger partial charge in [-0.25, -0.2) is 0 Å². The van der Waals surface area contributed by atoms with Gasteiger partial charge in [-0.2, -0.15) is 0 Å². The summed E-state index contributed by atoms with van der Waals surface area (Å²) in [6.45, 7) is 8.87. The fraction of sp³-hybridized carbons (Fsp3) is 0.462. The van der Waals surface area contributed by atoms with Gasteiger partial charge in [-0.05, 0) is 0 Å². The molecular weight excluding hydrogens is 568 g/mol. The van der Waals surface area contributed by atoms with E-state index in [4.69, 9.17) is 4.98 Å². The van der Waals surface area contributed by atoms with Crippen molar-refractivity contribution in [3.63, 3.8) is 0 Å². The molecule has 8 nitrogen and oxygen atoms in total. The van der Waals surface area contributed by atoms with Crippen molar-refractivity contribution in [2.45, 2.75) is 54.5 Å². The standard InChI is InChI=1S/C23H25FN5O3.3CH3.Sn/c1-13(2)17-7-5-6-14(3)19(17)29-20-18(10-16(24)11-25-20)21(26-22(29)30)28-9-8-27(23(31)32)12-15(28)4;;;;/h5-7,10,13,15H,8-9,12H2,1-4H3,(H,31,32);3*1H3;/t15-;;;;/m0..../s1. The van der Waals surface area contributed by atoms with E-state index in [2.05, 4.69) is 33.7 Å². The molecule has 1 aliphatic heterocycles. The van der Waals surface area contributed by atoms with Crippen molar-refractivity contribution in [3.05, 3.63) is 51.7 Å². The molecule has 10 heteroatoms. The van der Waals surface area contributed by atoms with Gasteiger partial charge in [-0.3, -0.25) is 0 Å². The predicted molar refractivity (Wildman–Crippen MR) is 143 cm³/mol. The van der Waals surface area contributed by atoms with E-state index < -0.39 is 30.2 Å². The van der Waals surface area contributed by atoms with Crippen LogP contribution in [0.15, 0.2) is 29.1 Å². The number of pyridine rings is 1. The summed E-state index contributed by atoms with van der Waals surface area (Å²) in [5.41, 5.74) is 2.56. The molecule has 2 aromatic heterocycles. The van der Waals surface area contributed by atoms with Gasteiger partial charge in [0.15, 0.2) is 0 Å². The van der Waals surface area contributed by atoms with Crippen molar-refractivity contribution < 1.29 is 14.3 Å². The summed E-state index contributed by atoms with van der Waals surface area (Å²) in [4.78, 5) is 44.1. The van der Waals surface area contributed by atoms with E-state index in [0.29, 0.717) is 27.1 Å². The van der Waals surface area contributed by atoms with E-state index in [-0.39, 0.29) is 30.9 Å². The molecule has 0 spiro atoms. The Kier molecular flexibility index (Phi) is 7.06. The summed E-state index contributed by atoms with van der Waals surface area (Å²) in [5.74, 6) is 0.127. The topological polar surface area (TPSA) is 91.6 Å². The summed E-state index contributed by atoms with van der Waals surface area (Å²) in [5, 5.41) is 9.87. The zero-order chi connectivity index (χ0) is 26.5. The second-order valence-corrected chi connectivity index (χ2v) is 25.1. The third-order valence-corrected chi connectivity index (χ3v) is 11.9. The quantitative estimate of drug-likeness (QED) is 0.453. The summed E-state index contributed by atoms with van der Waals surface area (Å²) in [7, 11) is 0. The SMILES string of the molecule is Cc1cccc(C(C)C)c1-n1c(=O)nc(N2CCN(C(=O)O)C[C@@H]2C)c2cc(F)[c]([Sn]([CH3])([CH3])[CH3])nc21. The zero-order valence-corrected chi connectivity index (χ0v) is 24.8. The first kappa shape index (κ1) is 26.4. The number of halogens is 1. The molecule has 1 fully saturated rings. The molecule has 1 N–H and O–H groups in total. The Hall–Kier alpha value is -2.69. The van der Waals surface area contributed by atoms with Crippen molar-refractivity contribution in [1.29, 1.82) is 0 Å². The van der Waals surface area contributed by atoms with Gasteiger partial charge in [0.05, 0.1) is 0 Å². The second-order valence-electron chi connectivity index (χ2n) is 10.9. The van der Waals surface area contributed by atoms with Crippen LogP contribution in [0.25, 0.3) is 16.7 Å². The number of para-hydroxylation sites is 1. The number of amides is 1. The van der Waals surface area contributed by atoms with Crippen molar-refractivity contribution in [3.8, 4) is 5.69 Å². The van der Waals surface area contributed by atoms with Crippen molar-refractivity contribution in [2.75, 3.05) is 24.5 Å². The Morgan fingerprint density at radius 1 is 1.19 bits per heavy atom. The zero-order valence-electron chi connectivity index (χ0n) is 22.0. The number of rotatable bonds is 4. The number of aromatic nitrogens is 3. The fourth-order valence-corrected chi connectivity index (χ4v) is 8.46. The Balaban J connectivity index is 2.06. The van der Waals surface area contributed by atoms with Crippen LogP contribution in [0.1, 0.15) is 37.8 Å². The number of fused-ring (bicyclic) bond motifs is 1. The molecule has 3 aromatic rings. The monoisotopic (exact) mass is 603 g/mol. The molecule has 0 saturated carbocycles. The van der Waals surface area contributed by atoms with E-state index in [0.717, 1.165) is 16.8 Å². The van der Waals surface area contributed by atoms with Gasteiger partial charge in [0, 0.05) is 0 Å². The molecule has 1 aliphatic rings. The van der Waals surface area contributed by atoms with Crippen LogP contribution in [-0.2, 0) is 0 Å². The van der Waals surface area contributed by atoms with Gasteiger partial charge in [0.25, 0.3) is 0 Å². The third kappa shape index (κ3) is 4.69. The van der Waals surface area contributed by atoms with Gasteiger partial charge >= 0.3 is 215 Å². The molecule has 4 rings (SSSR count). The number of nitrogens with zero attached hydrogens (tertiary/aromatic N) is 5. The van der Waals surface area contributed by atoms with Crippen LogP contribution in [0.5, 0.6) is 0 Å². The summed E-state index contributed by atoms with van der Waals surface area (Å²) in [6, 6.07) is 7.15. The average Bonchev–Trinajstić information content (AvgIpc) is 2.78. The van der Waals surface area contributed by atoms with Gasteiger partial charge in [0.1, 0.15) is 0 Å². The molecule has 1 amide bonds.